The first-order valence-electron chi connectivity index (χ1n) is 6.82. The molecule has 19 heavy (non-hydrogen) atoms. The second-order valence-corrected chi connectivity index (χ2v) is 5.37. The maximum atomic E-state index is 12.3. The molecule has 0 aliphatic carbocycles. The van der Waals surface area contributed by atoms with Gasteiger partial charge in [-0.15, -0.1) is 0 Å². The predicted molar refractivity (Wildman–Crippen MR) is 78.7 cm³/mol. The fourth-order valence-electron chi connectivity index (χ4n) is 2.43. The number of amides is 1. The van der Waals surface area contributed by atoms with Crippen molar-refractivity contribution in [3.05, 3.63) is 42.0 Å². The lowest BCUT2D eigenvalue weighted by Crippen LogP contribution is -2.56. The molecule has 0 aromatic heterocycles. The van der Waals surface area contributed by atoms with Gasteiger partial charge in [-0.3, -0.25) is 9.69 Å². The minimum Gasteiger partial charge on any atom is -0.334 e. The quantitative estimate of drug-likeness (QED) is 0.760. The van der Waals surface area contributed by atoms with Gasteiger partial charge in [0.2, 0.25) is 5.91 Å². The van der Waals surface area contributed by atoms with E-state index in [0.29, 0.717) is 6.04 Å². The third-order valence-electron chi connectivity index (χ3n) is 3.80. The Morgan fingerprint density at radius 1 is 1.16 bits per heavy atom. The van der Waals surface area contributed by atoms with Gasteiger partial charge in [0.15, 0.2) is 0 Å². The molecule has 0 radical (unpaired) electrons. The molecule has 0 saturated carbocycles. The van der Waals surface area contributed by atoms with Gasteiger partial charge in [0.05, 0.1) is 0 Å². The van der Waals surface area contributed by atoms with Crippen LogP contribution in [0.3, 0.4) is 0 Å². The van der Waals surface area contributed by atoms with Crippen molar-refractivity contribution in [2.24, 2.45) is 0 Å². The van der Waals surface area contributed by atoms with E-state index in [9.17, 15) is 4.79 Å². The second kappa shape index (κ2) is 6.02. The van der Waals surface area contributed by atoms with Crippen molar-refractivity contribution < 1.29 is 4.79 Å². The number of hydrogen-bond acceptors (Lipinski definition) is 2. The molecule has 0 unspecified atom stereocenters. The fourth-order valence-corrected chi connectivity index (χ4v) is 2.43. The highest BCUT2D eigenvalue weighted by Crippen LogP contribution is 2.14. The average molecular weight is 258 g/mol. The van der Waals surface area contributed by atoms with Crippen LogP contribution in [0, 0.1) is 0 Å². The summed E-state index contributed by atoms with van der Waals surface area (Å²) in [4.78, 5) is 16.5. The molecule has 0 bridgehead atoms. The van der Waals surface area contributed by atoms with Gasteiger partial charge in [-0.25, -0.2) is 0 Å². The van der Waals surface area contributed by atoms with Crippen LogP contribution in [0.5, 0.6) is 0 Å². The zero-order valence-electron chi connectivity index (χ0n) is 11.9. The number of benzene rings is 1. The van der Waals surface area contributed by atoms with E-state index in [0.717, 1.165) is 18.7 Å². The van der Waals surface area contributed by atoms with E-state index < -0.39 is 0 Å². The molecule has 1 amide bonds. The van der Waals surface area contributed by atoms with Crippen LogP contribution in [-0.2, 0) is 4.79 Å². The molecule has 3 nitrogen and oxygen atoms in total. The van der Waals surface area contributed by atoms with Gasteiger partial charge in [-0.2, -0.15) is 0 Å². The van der Waals surface area contributed by atoms with Crippen LogP contribution in [0.4, 0.5) is 0 Å². The van der Waals surface area contributed by atoms with Crippen LogP contribution in [0.15, 0.2) is 36.4 Å². The minimum absolute atomic E-state index is 0.108. The number of carbonyl (C=O) groups is 1. The van der Waals surface area contributed by atoms with E-state index in [1.54, 1.807) is 6.08 Å². The van der Waals surface area contributed by atoms with Crippen LogP contribution < -0.4 is 0 Å². The van der Waals surface area contributed by atoms with Crippen molar-refractivity contribution in [2.75, 3.05) is 20.1 Å². The van der Waals surface area contributed by atoms with Gasteiger partial charge in [-0.1, -0.05) is 30.3 Å². The Morgan fingerprint density at radius 3 is 2.53 bits per heavy atom. The molecule has 1 aromatic rings. The SMILES string of the molecule is C[C@@H]1CN(C)[C@@H](C)CN1C(=O)/C=C/c1ccccc1. The highest BCUT2D eigenvalue weighted by molar-refractivity contribution is 5.92. The van der Waals surface area contributed by atoms with Gasteiger partial charge < -0.3 is 4.90 Å². The maximum Gasteiger partial charge on any atom is 0.246 e. The van der Waals surface area contributed by atoms with Crippen molar-refractivity contribution in [3.63, 3.8) is 0 Å². The largest absolute Gasteiger partial charge is 0.334 e. The van der Waals surface area contributed by atoms with Crippen molar-refractivity contribution in [1.82, 2.24) is 9.80 Å². The third kappa shape index (κ3) is 3.44. The topological polar surface area (TPSA) is 23.6 Å². The molecule has 2 atom stereocenters. The van der Waals surface area contributed by atoms with Crippen molar-refractivity contribution >= 4 is 12.0 Å². The van der Waals surface area contributed by atoms with Gasteiger partial charge >= 0.3 is 0 Å². The number of rotatable bonds is 2. The summed E-state index contributed by atoms with van der Waals surface area (Å²) in [6.45, 7) is 6.01. The summed E-state index contributed by atoms with van der Waals surface area (Å²) in [5, 5.41) is 0. The van der Waals surface area contributed by atoms with Crippen molar-refractivity contribution in [3.8, 4) is 0 Å². The van der Waals surface area contributed by atoms with Crippen LogP contribution in [0.1, 0.15) is 19.4 Å². The lowest BCUT2D eigenvalue weighted by molar-refractivity contribution is -0.131. The molecule has 1 heterocycles. The molecule has 3 heteroatoms. The van der Waals surface area contributed by atoms with Gasteiger partial charge in [0.25, 0.3) is 0 Å². The molecule has 1 aromatic carbocycles. The van der Waals surface area contributed by atoms with Crippen LogP contribution in [0.25, 0.3) is 6.08 Å². The van der Waals surface area contributed by atoms with E-state index >= 15 is 0 Å². The molecule has 1 fully saturated rings. The summed E-state index contributed by atoms with van der Waals surface area (Å²) in [5.41, 5.74) is 1.06. The number of hydrogen-bond donors (Lipinski definition) is 0. The molecular formula is C16H22N2O. The smallest absolute Gasteiger partial charge is 0.246 e. The van der Waals surface area contributed by atoms with Crippen LogP contribution >= 0.6 is 0 Å². The molecule has 0 N–H and O–H groups in total. The number of likely N-dealkylation sites (N-methyl/N-ethyl adjacent to an activating group) is 1. The predicted octanol–water partition coefficient (Wildman–Crippen LogP) is 2.25. The normalized spacial score (nSPS) is 24.9. The van der Waals surface area contributed by atoms with Crippen molar-refractivity contribution in [2.45, 2.75) is 25.9 Å². The van der Waals surface area contributed by atoms with Crippen LogP contribution in [-0.4, -0.2) is 47.9 Å². The third-order valence-corrected chi connectivity index (χ3v) is 3.80. The van der Waals surface area contributed by atoms with E-state index in [1.165, 1.54) is 0 Å². The maximum absolute atomic E-state index is 12.3. The van der Waals surface area contributed by atoms with Gasteiger partial charge in [0.1, 0.15) is 0 Å². The summed E-state index contributed by atoms with van der Waals surface area (Å²) < 4.78 is 0. The Labute approximate surface area is 115 Å². The lowest BCUT2D eigenvalue weighted by atomic mass is 10.1. The first kappa shape index (κ1) is 13.8. The lowest BCUT2D eigenvalue weighted by Gasteiger charge is -2.42. The highest BCUT2D eigenvalue weighted by atomic mass is 16.2. The molecule has 1 aliphatic heterocycles. The molecular weight excluding hydrogens is 236 g/mol. The molecule has 1 saturated heterocycles. The van der Waals surface area contributed by atoms with Crippen LogP contribution in [0.2, 0.25) is 0 Å². The Balaban J connectivity index is 2.02. The van der Waals surface area contributed by atoms with Gasteiger partial charge in [-0.05, 0) is 32.5 Å². The minimum atomic E-state index is 0.108. The number of carbonyl (C=O) groups excluding carboxylic acids is 1. The van der Waals surface area contributed by atoms with Crippen molar-refractivity contribution in [1.29, 1.82) is 0 Å². The summed E-state index contributed by atoms with van der Waals surface area (Å²) in [5.74, 6) is 0.108. The summed E-state index contributed by atoms with van der Waals surface area (Å²) in [6.07, 6.45) is 3.57. The Bertz CT molecular complexity index is 455. The standard InChI is InChI=1S/C16H22N2O/c1-13-12-18(14(2)11-17(13)3)16(19)10-9-15-7-5-4-6-8-15/h4-10,13-14H,11-12H2,1-3H3/b10-9+/t13-,14+/m0/s1. The van der Waals surface area contributed by atoms with E-state index in [2.05, 4.69) is 25.8 Å². The summed E-state index contributed by atoms with van der Waals surface area (Å²) in [7, 11) is 2.11. The highest BCUT2D eigenvalue weighted by Gasteiger charge is 2.28. The number of nitrogens with zero attached hydrogens (tertiary/aromatic N) is 2. The van der Waals surface area contributed by atoms with E-state index in [-0.39, 0.29) is 11.9 Å². The Morgan fingerprint density at radius 2 is 1.84 bits per heavy atom. The fraction of sp³-hybridized carbons (Fsp3) is 0.438. The average Bonchev–Trinajstić information content (AvgIpc) is 2.41. The van der Waals surface area contributed by atoms with E-state index in [4.69, 9.17) is 0 Å². The first-order valence-corrected chi connectivity index (χ1v) is 6.82. The zero-order valence-corrected chi connectivity index (χ0v) is 11.9. The summed E-state index contributed by atoms with van der Waals surface area (Å²) in [6, 6.07) is 10.6. The first-order chi connectivity index (χ1) is 9.08. The Kier molecular flexibility index (Phi) is 4.38. The number of piperazine rings is 1. The molecule has 0 spiro atoms. The summed E-state index contributed by atoms with van der Waals surface area (Å²) >= 11 is 0. The second-order valence-electron chi connectivity index (χ2n) is 5.37. The Hall–Kier alpha value is -1.61. The zero-order chi connectivity index (χ0) is 13.8. The molecule has 102 valence electrons. The monoisotopic (exact) mass is 258 g/mol. The van der Waals surface area contributed by atoms with Gasteiger partial charge in [0, 0.05) is 31.2 Å². The molecule has 2 rings (SSSR count). The van der Waals surface area contributed by atoms with E-state index in [1.807, 2.05) is 41.3 Å². The molecule has 1 aliphatic rings.